The fourth-order valence-corrected chi connectivity index (χ4v) is 6.03. The Labute approximate surface area is 299 Å². The van der Waals surface area contributed by atoms with Crippen molar-refractivity contribution in [3.63, 3.8) is 0 Å². The lowest BCUT2D eigenvalue weighted by atomic mass is 10.1. The molecule has 0 bridgehead atoms. The molecule has 0 saturated carbocycles. The molecule has 2 aliphatic rings. The van der Waals surface area contributed by atoms with Crippen LogP contribution >= 0.6 is 0 Å². The smallest absolute Gasteiger partial charge is 0.282 e. The summed E-state index contributed by atoms with van der Waals surface area (Å²) in [5, 5.41) is 9.51. The average molecular weight is 691 g/mol. The number of amides is 2. The molecule has 6 aromatic rings. The van der Waals surface area contributed by atoms with Crippen molar-refractivity contribution >= 4 is 57.4 Å². The van der Waals surface area contributed by atoms with E-state index in [-0.39, 0.29) is 34.5 Å². The van der Waals surface area contributed by atoms with Crippen LogP contribution < -0.4 is 9.80 Å². The van der Waals surface area contributed by atoms with Gasteiger partial charge in [0.15, 0.2) is 0 Å². The summed E-state index contributed by atoms with van der Waals surface area (Å²) in [4.78, 5) is 38.4. The molecule has 0 aliphatic carbocycles. The van der Waals surface area contributed by atoms with Gasteiger partial charge in [0.1, 0.15) is 17.2 Å². The van der Waals surface area contributed by atoms with Gasteiger partial charge in [-0.2, -0.15) is 0 Å². The second kappa shape index (κ2) is 13.9. The largest absolute Gasteiger partial charge is 0.508 e. The van der Waals surface area contributed by atoms with Crippen molar-refractivity contribution in [3.8, 4) is 5.75 Å². The number of hydrogen-bond acceptors (Lipinski definition) is 5. The number of aliphatic imine (C=N–C) groups is 2. The van der Waals surface area contributed by atoms with Gasteiger partial charge in [-0.25, -0.2) is 18.8 Å². The van der Waals surface area contributed by atoms with Crippen molar-refractivity contribution in [3.05, 3.63) is 174 Å². The van der Waals surface area contributed by atoms with E-state index in [1.165, 1.54) is 40.8 Å². The quantitative estimate of drug-likeness (QED) is 0.195. The highest BCUT2D eigenvalue weighted by Gasteiger charge is 2.36. The molecule has 9 heteroatoms. The van der Waals surface area contributed by atoms with Crippen molar-refractivity contribution < 1.29 is 23.5 Å². The molecule has 0 spiro atoms. The molecule has 0 fully saturated rings. The first-order chi connectivity index (χ1) is 25.1. The summed E-state index contributed by atoms with van der Waals surface area (Å²) in [6.07, 6.45) is 0. The maximum Gasteiger partial charge on any atom is 0.282 e. The van der Waals surface area contributed by atoms with E-state index in [1.807, 2.05) is 85.8 Å². The molecule has 0 radical (unpaired) electrons. The lowest BCUT2D eigenvalue weighted by Crippen LogP contribution is -2.25. The number of aromatic hydroxyl groups is 1. The molecule has 6 aromatic carbocycles. The third-order valence-electron chi connectivity index (χ3n) is 8.60. The number of nitrogens with zero attached hydrogens (tertiary/aromatic N) is 4. The third kappa shape index (κ3) is 6.72. The van der Waals surface area contributed by atoms with E-state index in [4.69, 9.17) is 0 Å². The summed E-state index contributed by atoms with van der Waals surface area (Å²) in [5.41, 5.74) is 7.18. The Kier molecular flexibility index (Phi) is 9.00. The summed E-state index contributed by atoms with van der Waals surface area (Å²) >= 11 is 0. The van der Waals surface area contributed by atoms with Gasteiger partial charge in [0.2, 0.25) is 0 Å². The van der Waals surface area contributed by atoms with Gasteiger partial charge in [0.05, 0.1) is 22.7 Å². The zero-order valence-electron chi connectivity index (χ0n) is 28.2. The van der Waals surface area contributed by atoms with Crippen molar-refractivity contribution in [1.82, 2.24) is 0 Å². The number of phenolic OH excluding ortho intramolecular Hbond substituents is 1. The summed E-state index contributed by atoms with van der Waals surface area (Å²) in [6, 6.07) is 44.4. The van der Waals surface area contributed by atoms with Gasteiger partial charge in [0.25, 0.3) is 17.7 Å². The lowest BCUT2D eigenvalue weighted by Gasteiger charge is -2.16. The molecule has 1 N–H and O–H groups in total. The van der Waals surface area contributed by atoms with Gasteiger partial charge in [-0.15, -0.1) is 0 Å². The first-order valence-electron chi connectivity index (χ1n) is 16.5. The highest BCUT2D eigenvalue weighted by molar-refractivity contribution is 6.56. The average Bonchev–Trinajstić information content (AvgIpc) is 3.59. The monoisotopic (exact) mass is 690 g/mol. The topological polar surface area (TPSA) is 85.6 Å². The maximum atomic E-state index is 13.6. The number of rotatable bonds is 5. The Balaban J connectivity index is 0.000000164. The van der Waals surface area contributed by atoms with Crippen molar-refractivity contribution in [1.29, 1.82) is 0 Å². The summed E-state index contributed by atoms with van der Waals surface area (Å²) in [6.45, 7) is 2.85. The fraction of sp³-hybridized carbons (Fsp3) is 0.0698. The first-order valence-corrected chi connectivity index (χ1v) is 16.5. The molecule has 52 heavy (non-hydrogen) atoms. The standard InChI is InChI=1S/C22H16F2N2O2.C21H16N2O/c1-22(23,24)14-5-4-6-15(13-14)25-20-18-7-2-3-8-19(18)26(21(20)28)16-9-11-17(27)12-10-16;1-15-11-13-16(14-12-15)22-20-18-9-5-6-10-19(18)23(21(20)24)17-7-3-2-4-8-17/h2-13,27H,1H3;2-14H,1H3. The minimum absolute atomic E-state index is 0.0925. The van der Waals surface area contributed by atoms with Crippen LogP contribution in [0.3, 0.4) is 0 Å². The SMILES string of the molecule is CC(F)(F)c1cccc(N=C2C(=O)N(c3ccc(O)cc3)c3ccccc32)c1.Cc1ccc(N=C2C(=O)N(c3ccccc3)c3ccccc32)cc1. The second-order valence-electron chi connectivity index (χ2n) is 12.4. The van der Waals surface area contributed by atoms with Crippen molar-refractivity contribution in [2.75, 3.05) is 9.80 Å². The van der Waals surface area contributed by atoms with Crippen LogP contribution in [-0.4, -0.2) is 28.3 Å². The number of para-hydroxylation sites is 3. The van der Waals surface area contributed by atoms with Crippen LogP contribution in [0.1, 0.15) is 29.2 Å². The van der Waals surface area contributed by atoms with Crippen LogP contribution in [0.4, 0.5) is 42.9 Å². The number of halogens is 2. The van der Waals surface area contributed by atoms with E-state index in [2.05, 4.69) is 9.98 Å². The second-order valence-corrected chi connectivity index (χ2v) is 12.4. The Morgan fingerprint density at radius 3 is 1.62 bits per heavy atom. The van der Waals surface area contributed by atoms with E-state index >= 15 is 0 Å². The Morgan fingerprint density at radius 1 is 0.558 bits per heavy atom. The zero-order chi connectivity index (χ0) is 36.4. The van der Waals surface area contributed by atoms with E-state index < -0.39 is 5.92 Å². The number of phenols is 1. The molecule has 2 heterocycles. The number of carbonyl (C=O) groups is 2. The van der Waals surface area contributed by atoms with Crippen LogP contribution in [-0.2, 0) is 15.5 Å². The van der Waals surface area contributed by atoms with Crippen LogP contribution in [0.5, 0.6) is 5.75 Å². The van der Waals surface area contributed by atoms with Crippen LogP contribution in [0.15, 0.2) is 162 Å². The maximum absolute atomic E-state index is 13.6. The minimum Gasteiger partial charge on any atom is -0.508 e. The minimum atomic E-state index is -2.99. The number of carbonyl (C=O) groups excluding carboxylic acids is 2. The molecule has 0 unspecified atom stereocenters. The molecule has 7 nitrogen and oxygen atoms in total. The fourth-order valence-electron chi connectivity index (χ4n) is 6.03. The summed E-state index contributed by atoms with van der Waals surface area (Å²) in [5.74, 6) is -3.36. The van der Waals surface area contributed by atoms with E-state index in [0.29, 0.717) is 22.6 Å². The molecule has 8 rings (SSSR count). The van der Waals surface area contributed by atoms with Crippen LogP contribution in [0, 0.1) is 6.92 Å². The van der Waals surface area contributed by atoms with Crippen LogP contribution in [0.2, 0.25) is 0 Å². The summed E-state index contributed by atoms with van der Waals surface area (Å²) < 4.78 is 27.3. The number of anilines is 4. The molecular formula is C43H32F2N4O3. The normalized spacial score (nSPS) is 15.1. The molecule has 2 aliphatic heterocycles. The van der Waals surface area contributed by atoms with Crippen molar-refractivity contribution in [2.24, 2.45) is 9.98 Å². The molecule has 0 saturated heterocycles. The van der Waals surface area contributed by atoms with Gasteiger partial charge in [-0.1, -0.05) is 84.4 Å². The van der Waals surface area contributed by atoms with Gasteiger partial charge in [-0.3, -0.25) is 19.4 Å². The molecule has 2 amide bonds. The highest BCUT2D eigenvalue weighted by atomic mass is 19.3. The summed E-state index contributed by atoms with van der Waals surface area (Å²) in [7, 11) is 0. The Bertz CT molecular complexity index is 2350. The van der Waals surface area contributed by atoms with Gasteiger partial charge < -0.3 is 5.11 Å². The highest BCUT2D eigenvalue weighted by Crippen LogP contribution is 2.39. The number of fused-ring (bicyclic) bond motifs is 2. The van der Waals surface area contributed by atoms with Gasteiger partial charge >= 0.3 is 0 Å². The van der Waals surface area contributed by atoms with Gasteiger partial charge in [0, 0.05) is 35.0 Å². The molecule has 0 atom stereocenters. The zero-order valence-corrected chi connectivity index (χ0v) is 28.2. The Hall–Kier alpha value is -6.74. The van der Waals surface area contributed by atoms with E-state index in [0.717, 1.165) is 29.5 Å². The third-order valence-corrected chi connectivity index (χ3v) is 8.60. The molecule has 0 aromatic heterocycles. The van der Waals surface area contributed by atoms with Crippen molar-refractivity contribution in [2.45, 2.75) is 19.8 Å². The molecular weight excluding hydrogens is 658 g/mol. The number of alkyl halides is 2. The molecule has 256 valence electrons. The van der Waals surface area contributed by atoms with Gasteiger partial charge in [-0.05, 0) is 79.7 Å². The lowest BCUT2D eigenvalue weighted by molar-refractivity contribution is -0.112. The number of benzene rings is 6. The predicted molar refractivity (Wildman–Crippen MR) is 201 cm³/mol. The Morgan fingerprint density at radius 2 is 1.06 bits per heavy atom. The van der Waals surface area contributed by atoms with Crippen LogP contribution in [0.25, 0.3) is 0 Å². The van der Waals surface area contributed by atoms with E-state index in [1.54, 1.807) is 47.4 Å². The number of aryl methyl sites for hydroxylation is 1. The predicted octanol–water partition coefficient (Wildman–Crippen LogP) is 10.1. The van der Waals surface area contributed by atoms with E-state index in [9.17, 15) is 23.5 Å². The first kappa shape index (κ1) is 33.7. The number of hydrogen-bond donors (Lipinski definition) is 1.